The SMILES string of the molecule is COc1ccc(N)cc1C(=O)c1cc(C)c(F)cc1Cl. The summed E-state index contributed by atoms with van der Waals surface area (Å²) in [6.07, 6.45) is 0. The number of nitrogens with two attached hydrogens (primary N) is 1. The van der Waals surface area contributed by atoms with E-state index in [1.807, 2.05) is 0 Å². The lowest BCUT2D eigenvalue weighted by molar-refractivity contribution is 0.103. The van der Waals surface area contributed by atoms with Gasteiger partial charge in [0.05, 0.1) is 17.7 Å². The molecule has 0 fully saturated rings. The predicted octanol–water partition coefficient (Wildman–Crippen LogP) is 3.61. The van der Waals surface area contributed by atoms with Gasteiger partial charge in [0, 0.05) is 11.3 Å². The van der Waals surface area contributed by atoms with Crippen LogP contribution >= 0.6 is 11.6 Å². The van der Waals surface area contributed by atoms with E-state index in [4.69, 9.17) is 22.1 Å². The Hall–Kier alpha value is -2.07. The molecule has 2 aromatic carbocycles. The molecule has 5 heteroatoms. The molecule has 2 N–H and O–H groups in total. The fourth-order valence-electron chi connectivity index (χ4n) is 1.88. The van der Waals surface area contributed by atoms with E-state index in [1.165, 1.54) is 19.2 Å². The van der Waals surface area contributed by atoms with E-state index in [-0.39, 0.29) is 16.4 Å². The highest BCUT2D eigenvalue weighted by molar-refractivity contribution is 6.35. The molecule has 0 spiro atoms. The summed E-state index contributed by atoms with van der Waals surface area (Å²) in [5.41, 5.74) is 6.98. The topological polar surface area (TPSA) is 52.3 Å². The van der Waals surface area contributed by atoms with Crippen LogP contribution in [0.2, 0.25) is 5.02 Å². The third-order valence-electron chi connectivity index (χ3n) is 2.96. The summed E-state index contributed by atoms with van der Waals surface area (Å²) in [6, 6.07) is 7.29. The molecule has 0 aromatic heterocycles. The minimum absolute atomic E-state index is 0.0579. The summed E-state index contributed by atoms with van der Waals surface area (Å²) >= 11 is 5.95. The van der Waals surface area contributed by atoms with Gasteiger partial charge in [-0.1, -0.05) is 11.6 Å². The largest absolute Gasteiger partial charge is 0.496 e. The third kappa shape index (κ3) is 2.60. The van der Waals surface area contributed by atoms with Crippen LogP contribution < -0.4 is 10.5 Å². The lowest BCUT2D eigenvalue weighted by Gasteiger charge is -2.10. The first-order valence-corrected chi connectivity index (χ1v) is 6.25. The Bertz CT molecular complexity index is 686. The molecule has 20 heavy (non-hydrogen) atoms. The molecule has 104 valence electrons. The van der Waals surface area contributed by atoms with Crippen molar-refractivity contribution in [1.29, 1.82) is 0 Å². The normalized spacial score (nSPS) is 10.4. The van der Waals surface area contributed by atoms with Crippen LogP contribution in [-0.4, -0.2) is 12.9 Å². The number of carbonyl (C=O) groups excluding carboxylic acids is 1. The number of anilines is 1. The zero-order valence-corrected chi connectivity index (χ0v) is 11.8. The van der Waals surface area contributed by atoms with Crippen LogP contribution in [0.15, 0.2) is 30.3 Å². The second-order valence-corrected chi connectivity index (χ2v) is 4.78. The number of methoxy groups -OCH3 is 1. The van der Waals surface area contributed by atoms with Crippen molar-refractivity contribution in [3.63, 3.8) is 0 Å². The molecule has 0 unspecified atom stereocenters. The number of hydrogen-bond acceptors (Lipinski definition) is 3. The summed E-state index contributed by atoms with van der Waals surface area (Å²) in [7, 11) is 1.46. The van der Waals surface area contributed by atoms with E-state index in [2.05, 4.69) is 0 Å². The second-order valence-electron chi connectivity index (χ2n) is 4.37. The van der Waals surface area contributed by atoms with E-state index in [9.17, 15) is 9.18 Å². The summed E-state index contributed by atoms with van der Waals surface area (Å²) in [5.74, 6) is -0.421. The monoisotopic (exact) mass is 293 g/mol. The Labute approximate surface area is 121 Å². The number of benzene rings is 2. The molecular weight excluding hydrogens is 281 g/mol. The smallest absolute Gasteiger partial charge is 0.198 e. The van der Waals surface area contributed by atoms with Crippen LogP contribution in [0, 0.1) is 12.7 Å². The van der Waals surface area contributed by atoms with Gasteiger partial charge >= 0.3 is 0 Å². The zero-order valence-electron chi connectivity index (χ0n) is 11.0. The molecule has 0 aliphatic rings. The number of halogens is 2. The van der Waals surface area contributed by atoms with Gasteiger partial charge in [-0.25, -0.2) is 4.39 Å². The lowest BCUT2D eigenvalue weighted by atomic mass is 10.00. The van der Waals surface area contributed by atoms with E-state index >= 15 is 0 Å². The molecule has 0 bridgehead atoms. The molecule has 0 radical (unpaired) electrons. The Balaban J connectivity index is 2.57. The van der Waals surface area contributed by atoms with Crippen LogP contribution in [0.25, 0.3) is 0 Å². The maximum absolute atomic E-state index is 13.4. The van der Waals surface area contributed by atoms with Crippen molar-refractivity contribution in [3.8, 4) is 5.75 Å². The molecule has 2 aromatic rings. The van der Waals surface area contributed by atoms with Gasteiger partial charge in [-0.05, 0) is 42.8 Å². The van der Waals surface area contributed by atoms with Crippen molar-refractivity contribution < 1.29 is 13.9 Å². The molecular formula is C15H13ClFNO2. The maximum Gasteiger partial charge on any atom is 0.198 e. The van der Waals surface area contributed by atoms with Crippen molar-refractivity contribution >= 4 is 23.1 Å². The summed E-state index contributed by atoms with van der Waals surface area (Å²) < 4.78 is 18.5. The first-order valence-electron chi connectivity index (χ1n) is 5.88. The van der Waals surface area contributed by atoms with Crippen molar-refractivity contribution in [2.24, 2.45) is 0 Å². The summed E-state index contributed by atoms with van der Waals surface area (Å²) in [4.78, 5) is 12.5. The van der Waals surface area contributed by atoms with Crippen molar-refractivity contribution in [2.45, 2.75) is 6.92 Å². The van der Waals surface area contributed by atoms with E-state index < -0.39 is 5.82 Å². The molecule has 0 aliphatic heterocycles. The number of ether oxygens (including phenoxy) is 1. The Morgan fingerprint density at radius 3 is 2.60 bits per heavy atom. The molecule has 3 nitrogen and oxygen atoms in total. The van der Waals surface area contributed by atoms with E-state index in [1.54, 1.807) is 19.1 Å². The number of ketones is 1. The summed E-state index contributed by atoms with van der Waals surface area (Å²) in [5, 5.41) is 0.0579. The Morgan fingerprint density at radius 1 is 1.25 bits per heavy atom. The fraction of sp³-hybridized carbons (Fsp3) is 0.133. The number of nitrogen functional groups attached to an aromatic ring is 1. The molecule has 0 amide bonds. The van der Waals surface area contributed by atoms with Crippen LogP contribution in [0.3, 0.4) is 0 Å². The molecule has 2 rings (SSSR count). The van der Waals surface area contributed by atoms with Crippen LogP contribution in [0.1, 0.15) is 21.5 Å². The number of hydrogen-bond donors (Lipinski definition) is 1. The molecule has 0 aliphatic carbocycles. The highest BCUT2D eigenvalue weighted by atomic mass is 35.5. The van der Waals surface area contributed by atoms with Gasteiger partial charge in [0.15, 0.2) is 5.78 Å². The van der Waals surface area contributed by atoms with Crippen molar-refractivity contribution in [3.05, 3.63) is 57.9 Å². The zero-order chi connectivity index (χ0) is 14.9. The number of aryl methyl sites for hydroxylation is 1. The maximum atomic E-state index is 13.4. The molecule has 0 saturated heterocycles. The highest BCUT2D eigenvalue weighted by Gasteiger charge is 2.19. The standard InChI is InChI=1S/C15H13ClFNO2/c1-8-5-10(12(16)7-13(8)17)15(19)11-6-9(18)3-4-14(11)20-2/h3-7H,18H2,1-2H3. The second kappa shape index (κ2) is 5.51. The Morgan fingerprint density at radius 2 is 1.95 bits per heavy atom. The third-order valence-corrected chi connectivity index (χ3v) is 3.27. The van der Waals surface area contributed by atoms with Crippen molar-refractivity contribution in [2.75, 3.05) is 12.8 Å². The van der Waals surface area contributed by atoms with E-state index in [0.29, 0.717) is 22.6 Å². The van der Waals surface area contributed by atoms with Gasteiger partial charge in [-0.3, -0.25) is 4.79 Å². The molecule has 0 atom stereocenters. The number of carbonyl (C=O) groups is 1. The van der Waals surface area contributed by atoms with Crippen LogP contribution in [0.4, 0.5) is 10.1 Å². The summed E-state index contributed by atoms with van der Waals surface area (Å²) in [6.45, 7) is 1.57. The average Bonchev–Trinajstić information content (AvgIpc) is 2.42. The predicted molar refractivity (Wildman–Crippen MR) is 77.0 cm³/mol. The van der Waals surface area contributed by atoms with E-state index in [0.717, 1.165) is 6.07 Å². The number of rotatable bonds is 3. The lowest BCUT2D eigenvalue weighted by Crippen LogP contribution is -2.06. The van der Waals surface area contributed by atoms with Crippen LogP contribution in [0.5, 0.6) is 5.75 Å². The first-order chi connectivity index (χ1) is 9.43. The van der Waals surface area contributed by atoms with Crippen molar-refractivity contribution in [1.82, 2.24) is 0 Å². The molecule has 0 heterocycles. The fourth-order valence-corrected chi connectivity index (χ4v) is 2.12. The first kappa shape index (κ1) is 14.3. The van der Waals surface area contributed by atoms with Gasteiger partial charge in [0.1, 0.15) is 11.6 Å². The quantitative estimate of drug-likeness (QED) is 0.695. The minimum Gasteiger partial charge on any atom is -0.496 e. The molecule has 0 saturated carbocycles. The van der Waals surface area contributed by atoms with Gasteiger partial charge in [0.2, 0.25) is 0 Å². The van der Waals surface area contributed by atoms with Crippen LogP contribution in [-0.2, 0) is 0 Å². The Kier molecular flexibility index (Phi) is 3.95. The van der Waals surface area contributed by atoms with Gasteiger partial charge < -0.3 is 10.5 Å². The van der Waals surface area contributed by atoms with Gasteiger partial charge in [-0.15, -0.1) is 0 Å². The highest BCUT2D eigenvalue weighted by Crippen LogP contribution is 2.28. The van der Waals surface area contributed by atoms with Gasteiger partial charge in [-0.2, -0.15) is 0 Å². The van der Waals surface area contributed by atoms with Gasteiger partial charge in [0.25, 0.3) is 0 Å². The minimum atomic E-state index is -0.453. The average molecular weight is 294 g/mol.